The average molecular weight is 649 g/mol. The van der Waals surface area contributed by atoms with E-state index in [1.807, 2.05) is 32.9 Å². The molecule has 2 N–H and O–H groups in total. The fourth-order valence-corrected chi connectivity index (χ4v) is 5.57. The Balaban J connectivity index is 0.000000284. The molecule has 0 fully saturated rings. The van der Waals surface area contributed by atoms with Crippen molar-refractivity contribution >= 4 is 28.3 Å². The minimum Gasteiger partial charge on any atom is -0.508 e. The number of nitrogens with one attached hydrogen (secondary N) is 1. The Morgan fingerprint density at radius 1 is 0.929 bits per heavy atom. The number of aromatic hydroxyl groups is 1. The lowest BCUT2D eigenvalue weighted by Gasteiger charge is -2.22. The maximum Gasteiger partial charge on any atom is 0.407 e. The predicted octanol–water partition coefficient (Wildman–Crippen LogP) is 8.13. The van der Waals surface area contributed by atoms with Gasteiger partial charge >= 0.3 is 6.09 Å². The summed E-state index contributed by atoms with van der Waals surface area (Å²) in [5, 5.41) is 13.5. The van der Waals surface area contributed by atoms with Gasteiger partial charge < -0.3 is 24.6 Å². The molecular formula is C34H50BrNO6. The number of carbonyl (C=O) groups is 2. The van der Waals surface area contributed by atoms with Crippen LogP contribution in [0.2, 0.25) is 0 Å². The van der Waals surface area contributed by atoms with Gasteiger partial charge in [-0.3, -0.25) is 4.79 Å². The van der Waals surface area contributed by atoms with Crippen molar-refractivity contribution in [1.29, 1.82) is 0 Å². The van der Waals surface area contributed by atoms with Crippen LogP contribution in [0.4, 0.5) is 4.79 Å². The maximum atomic E-state index is 11.6. The number of carbonyl (C=O) groups excluding carboxylic acids is 2. The molecule has 2 aliphatic carbocycles. The zero-order valence-electron chi connectivity index (χ0n) is 26.2. The van der Waals surface area contributed by atoms with E-state index in [0.29, 0.717) is 18.9 Å². The third-order valence-corrected chi connectivity index (χ3v) is 7.64. The summed E-state index contributed by atoms with van der Waals surface area (Å²) in [7, 11) is 1.72. The quantitative estimate of drug-likeness (QED) is 0.162. The topological polar surface area (TPSA) is 94.1 Å². The molecule has 0 unspecified atom stereocenters. The van der Waals surface area contributed by atoms with Crippen molar-refractivity contribution in [3.8, 4) is 17.2 Å². The third-order valence-electron chi connectivity index (χ3n) is 7.08. The van der Waals surface area contributed by atoms with Crippen molar-refractivity contribution in [3.63, 3.8) is 0 Å². The largest absolute Gasteiger partial charge is 0.508 e. The lowest BCUT2D eigenvalue weighted by molar-refractivity contribution is 0.0525. The molecule has 0 atom stereocenters. The first kappa shape index (κ1) is 35.5. The number of fused-ring (bicyclic) bond motifs is 2. The minimum absolute atomic E-state index is 0.348. The molecule has 2 aromatic carbocycles. The van der Waals surface area contributed by atoms with E-state index in [0.717, 1.165) is 84.8 Å². The molecule has 0 heterocycles. The van der Waals surface area contributed by atoms with Gasteiger partial charge in [0.1, 0.15) is 29.1 Å². The Kier molecular flexibility index (Phi) is 15.8. The van der Waals surface area contributed by atoms with Crippen LogP contribution in [0.5, 0.6) is 17.2 Å². The summed E-state index contributed by atoms with van der Waals surface area (Å²) in [5.74, 6) is 2.26. The zero-order valence-corrected chi connectivity index (χ0v) is 27.7. The summed E-state index contributed by atoms with van der Waals surface area (Å²) in [6.45, 7) is 8.83. The number of alkyl halides is 1. The normalized spacial score (nSPS) is 13.6. The molecule has 2 aliphatic rings. The van der Waals surface area contributed by atoms with E-state index in [2.05, 4.69) is 28.2 Å². The van der Waals surface area contributed by atoms with Crippen molar-refractivity contribution in [2.45, 2.75) is 104 Å². The molecule has 4 rings (SSSR count). The van der Waals surface area contributed by atoms with Crippen LogP contribution in [-0.2, 0) is 30.4 Å². The molecule has 0 aliphatic heterocycles. The molecule has 2 aromatic rings. The average Bonchev–Trinajstić information content (AvgIpc) is 2.97. The number of aldehydes is 1. The predicted molar refractivity (Wildman–Crippen MR) is 173 cm³/mol. The van der Waals surface area contributed by atoms with E-state index in [1.54, 1.807) is 19.2 Å². The summed E-state index contributed by atoms with van der Waals surface area (Å²) in [6.07, 6.45) is 12.4. The molecule has 8 heteroatoms. The van der Waals surface area contributed by atoms with Gasteiger partial charge in [-0.05, 0) is 120 Å². The number of methoxy groups -OCH3 is 1. The van der Waals surface area contributed by atoms with E-state index in [1.165, 1.54) is 36.8 Å². The van der Waals surface area contributed by atoms with Crippen LogP contribution in [-0.4, -0.2) is 48.7 Å². The first-order valence-corrected chi connectivity index (χ1v) is 16.4. The number of unbranched alkanes of at least 4 members (excludes halogenated alkanes) is 1. The number of phenols is 1. The van der Waals surface area contributed by atoms with E-state index >= 15 is 0 Å². The molecule has 0 bridgehead atoms. The van der Waals surface area contributed by atoms with Gasteiger partial charge in [0.2, 0.25) is 0 Å². The van der Waals surface area contributed by atoms with Crippen molar-refractivity contribution in [2.24, 2.45) is 0 Å². The second-order valence-electron chi connectivity index (χ2n) is 11.6. The van der Waals surface area contributed by atoms with Crippen LogP contribution >= 0.6 is 15.9 Å². The fourth-order valence-electron chi connectivity index (χ4n) is 5.01. The number of hydrogen-bond donors (Lipinski definition) is 2. The Morgan fingerprint density at radius 2 is 1.52 bits per heavy atom. The van der Waals surface area contributed by atoms with Crippen molar-refractivity contribution in [1.82, 2.24) is 5.32 Å². The second-order valence-corrected chi connectivity index (χ2v) is 12.4. The standard InChI is InChI=1S/C19H29NO4.C11H12O2.C4H9Br/c1-19(2,3)24-18(21)20-12-7-13-23-17-11-10-16(22-4)14-8-5-6-9-15(14)17;12-7-8-5-6-11(13)10-4-2-1-3-9(8)10;1-2-3-4-5/h10-11H,5-9,12-13H2,1-4H3,(H,20,21);5-7,13H,1-4H2;2-4H2,1H3. The van der Waals surface area contributed by atoms with Crippen molar-refractivity contribution < 1.29 is 28.9 Å². The van der Waals surface area contributed by atoms with Gasteiger partial charge in [0, 0.05) is 28.6 Å². The fraction of sp³-hybridized carbons (Fsp3) is 0.588. The van der Waals surface area contributed by atoms with E-state index in [4.69, 9.17) is 14.2 Å². The molecule has 42 heavy (non-hydrogen) atoms. The highest BCUT2D eigenvalue weighted by atomic mass is 79.9. The van der Waals surface area contributed by atoms with E-state index in [9.17, 15) is 14.7 Å². The molecular weight excluding hydrogens is 598 g/mol. The summed E-state index contributed by atoms with van der Waals surface area (Å²) in [4.78, 5) is 22.3. The van der Waals surface area contributed by atoms with Crippen LogP contribution in [0, 0.1) is 0 Å². The molecule has 0 aromatic heterocycles. The summed E-state index contributed by atoms with van der Waals surface area (Å²) in [5.41, 5.74) is 4.88. The Hall–Kier alpha value is -2.74. The highest BCUT2D eigenvalue weighted by Crippen LogP contribution is 2.36. The number of phenolic OH excluding ortho intramolecular Hbond substituents is 1. The van der Waals surface area contributed by atoms with Gasteiger partial charge in [0.15, 0.2) is 0 Å². The summed E-state index contributed by atoms with van der Waals surface area (Å²) in [6, 6.07) is 7.29. The highest BCUT2D eigenvalue weighted by Gasteiger charge is 2.19. The second kappa shape index (κ2) is 18.7. The van der Waals surface area contributed by atoms with Gasteiger partial charge in [-0.1, -0.05) is 29.3 Å². The summed E-state index contributed by atoms with van der Waals surface area (Å²) < 4.78 is 16.6. The Morgan fingerprint density at radius 3 is 2.07 bits per heavy atom. The third kappa shape index (κ3) is 11.9. The lowest BCUT2D eigenvalue weighted by atomic mass is 9.88. The number of benzene rings is 2. The van der Waals surface area contributed by atoms with E-state index in [-0.39, 0.29) is 6.09 Å². The van der Waals surface area contributed by atoms with Crippen molar-refractivity contribution in [3.05, 3.63) is 52.1 Å². The molecule has 0 radical (unpaired) electrons. The molecule has 0 saturated heterocycles. The Bertz CT molecular complexity index is 1130. The van der Waals surface area contributed by atoms with Crippen molar-refractivity contribution in [2.75, 3.05) is 25.6 Å². The van der Waals surface area contributed by atoms with E-state index < -0.39 is 5.60 Å². The Labute approximate surface area is 260 Å². The molecule has 7 nitrogen and oxygen atoms in total. The number of hydrogen-bond acceptors (Lipinski definition) is 6. The summed E-state index contributed by atoms with van der Waals surface area (Å²) >= 11 is 3.31. The van der Waals surface area contributed by atoms with Crippen LogP contribution in [0.3, 0.4) is 0 Å². The number of alkyl carbamates (subject to hydrolysis) is 1. The van der Waals surface area contributed by atoms with Crippen LogP contribution < -0.4 is 14.8 Å². The molecule has 0 saturated carbocycles. The first-order valence-electron chi connectivity index (χ1n) is 15.3. The van der Waals surface area contributed by atoms with Crippen LogP contribution in [0.25, 0.3) is 0 Å². The first-order chi connectivity index (χ1) is 20.1. The minimum atomic E-state index is -0.470. The monoisotopic (exact) mass is 647 g/mol. The SMILES string of the molecule is CCCCBr.COc1ccc(OCCCNC(=O)OC(C)(C)C)c2c1CCCC2.O=Cc1ccc(O)c2c1CCCC2. The molecule has 0 spiro atoms. The smallest absolute Gasteiger partial charge is 0.407 e. The number of ether oxygens (including phenoxy) is 3. The highest BCUT2D eigenvalue weighted by molar-refractivity contribution is 9.09. The van der Waals surface area contributed by atoms with Crippen LogP contribution in [0.15, 0.2) is 24.3 Å². The lowest BCUT2D eigenvalue weighted by Crippen LogP contribution is -2.33. The van der Waals surface area contributed by atoms with Gasteiger partial charge in [-0.15, -0.1) is 0 Å². The van der Waals surface area contributed by atoms with Gasteiger partial charge in [-0.2, -0.15) is 0 Å². The molecule has 234 valence electrons. The molecule has 1 amide bonds. The number of rotatable bonds is 9. The van der Waals surface area contributed by atoms with Gasteiger partial charge in [0.25, 0.3) is 0 Å². The van der Waals surface area contributed by atoms with Gasteiger partial charge in [-0.25, -0.2) is 4.79 Å². The van der Waals surface area contributed by atoms with Crippen LogP contribution in [0.1, 0.15) is 105 Å². The van der Waals surface area contributed by atoms with Gasteiger partial charge in [0.05, 0.1) is 13.7 Å². The maximum absolute atomic E-state index is 11.6. The zero-order chi connectivity index (χ0) is 31.0. The number of halogens is 1. The number of amides is 1.